The SMILES string of the molecule is O=C(CCc1ccccc1)NNC(=S)NC(=O)c1ccccc1OCCc1ccccc1. The van der Waals surface area contributed by atoms with E-state index in [-0.39, 0.29) is 11.0 Å². The van der Waals surface area contributed by atoms with Crippen LogP contribution in [0.15, 0.2) is 84.9 Å². The molecule has 3 N–H and O–H groups in total. The molecule has 32 heavy (non-hydrogen) atoms. The first-order chi connectivity index (χ1) is 15.6. The van der Waals surface area contributed by atoms with E-state index < -0.39 is 5.91 Å². The van der Waals surface area contributed by atoms with Crippen LogP contribution in [0.2, 0.25) is 0 Å². The molecule has 6 nitrogen and oxygen atoms in total. The Morgan fingerprint density at radius 3 is 2.03 bits per heavy atom. The lowest BCUT2D eigenvalue weighted by atomic mass is 10.1. The van der Waals surface area contributed by atoms with Crippen LogP contribution in [0.3, 0.4) is 0 Å². The predicted molar refractivity (Wildman–Crippen MR) is 128 cm³/mol. The second kappa shape index (κ2) is 12.2. The third kappa shape index (κ3) is 7.52. The first-order valence-electron chi connectivity index (χ1n) is 10.3. The van der Waals surface area contributed by atoms with Gasteiger partial charge in [0.25, 0.3) is 5.91 Å². The first-order valence-corrected chi connectivity index (χ1v) is 10.7. The number of hydrogen-bond donors (Lipinski definition) is 3. The number of para-hydroxylation sites is 1. The van der Waals surface area contributed by atoms with Crippen molar-refractivity contribution in [2.24, 2.45) is 0 Å². The van der Waals surface area contributed by atoms with E-state index in [1.807, 2.05) is 60.7 Å². The molecule has 2 amide bonds. The highest BCUT2D eigenvalue weighted by Crippen LogP contribution is 2.18. The van der Waals surface area contributed by atoms with Crippen molar-refractivity contribution in [1.29, 1.82) is 0 Å². The van der Waals surface area contributed by atoms with Gasteiger partial charge in [-0.15, -0.1) is 0 Å². The summed E-state index contributed by atoms with van der Waals surface area (Å²) in [5.74, 6) is -0.179. The third-order valence-electron chi connectivity index (χ3n) is 4.65. The minimum absolute atomic E-state index is 0.00199. The summed E-state index contributed by atoms with van der Waals surface area (Å²) in [7, 11) is 0. The van der Waals surface area contributed by atoms with Crippen molar-refractivity contribution >= 4 is 29.1 Å². The molecule has 0 aliphatic rings. The number of rotatable bonds is 8. The van der Waals surface area contributed by atoms with Gasteiger partial charge in [0.2, 0.25) is 5.91 Å². The van der Waals surface area contributed by atoms with Crippen molar-refractivity contribution in [3.05, 3.63) is 102 Å². The summed E-state index contributed by atoms with van der Waals surface area (Å²) >= 11 is 5.12. The van der Waals surface area contributed by atoms with Gasteiger partial charge in [0, 0.05) is 12.8 Å². The van der Waals surface area contributed by atoms with Gasteiger partial charge in [-0.1, -0.05) is 72.8 Å². The number of carbonyl (C=O) groups excluding carboxylic acids is 2. The average Bonchev–Trinajstić information content (AvgIpc) is 2.83. The zero-order valence-electron chi connectivity index (χ0n) is 17.5. The molecule has 3 rings (SSSR count). The van der Waals surface area contributed by atoms with Crippen molar-refractivity contribution in [2.75, 3.05) is 6.61 Å². The van der Waals surface area contributed by atoms with Crippen LogP contribution in [-0.4, -0.2) is 23.5 Å². The zero-order valence-corrected chi connectivity index (χ0v) is 18.4. The summed E-state index contributed by atoms with van der Waals surface area (Å²) in [5, 5.41) is 2.56. The van der Waals surface area contributed by atoms with E-state index in [4.69, 9.17) is 17.0 Å². The molecule has 0 aliphatic carbocycles. The maximum Gasteiger partial charge on any atom is 0.261 e. The van der Waals surface area contributed by atoms with E-state index in [0.717, 1.165) is 17.5 Å². The van der Waals surface area contributed by atoms with Gasteiger partial charge in [-0.3, -0.25) is 25.8 Å². The number of thiocarbonyl (C=S) groups is 1. The van der Waals surface area contributed by atoms with Crippen LogP contribution in [0.4, 0.5) is 0 Å². The summed E-state index contributed by atoms with van der Waals surface area (Å²) in [6.07, 6.45) is 1.64. The highest BCUT2D eigenvalue weighted by molar-refractivity contribution is 7.80. The van der Waals surface area contributed by atoms with Crippen molar-refractivity contribution in [2.45, 2.75) is 19.3 Å². The second-order valence-electron chi connectivity index (χ2n) is 7.02. The number of carbonyl (C=O) groups is 2. The Labute approximate surface area is 193 Å². The van der Waals surface area contributed by atoms with Crippen LogP contribution >= 0.6 is 12.2 Å². The van der Waals surface area contributed by atoms with Gasteiger partial charge in [-0.05, 0) is 41.9 Å². The van der Waals surface area contributed by atoms with Crippen LogP contribution in [-0.2, 0) is 17.6 Å². The number of benzene rings is 3. The van der Waals surface area contributed by atoms with E-state index in [1.54, 1.807) is 24.3 Å². The Kier molecular flexibility index (Phi) is 8.77. The lowest BCUT2D eigenvalue weighted by molar-refractivity contribution is -0.121. The molecular weight excluding hydrogens is 422 g/mol. The standard InChI is InChI=1S/C25H25N3O3S/c29-23(16-15-19-9-3-1-4-10-19)27-28-25(32)26-24(30)21-13-7-8-14-22(21)31-18-17-20-11-5-2-6-12-20/h1-14H,15-18H2,(H,27,29)(H2,26,28,30,32). The van der Waals surface area contributed by atoms with E-state index in [9.17, 15) is 9.59 Å². The fraction of sp³-hybridized carbons (Fsp3) is 0.160. The minimum atomic E-state index is -0.420. The van der Waals surface area contributed by atoms with Crippen LogP contribution in [0.1, 0.15) is 27.9 Å². The summed E-state index contributed by atoms with van der Waals surface area (Å²) in [6.45, 7) is 0.439. The number of amides is 2. The van der Waals surface area contributed by atoms with Gasteiger partial charge in [0.15, 0.2) is 5.11 Å². The molecule has 3 aromatic rings. The number of hydrazine groups is 1. The Bertz CT molecular complexity index is 1040. The molecule has 0 radical (unpaired) electrons. The molecule has 164 valence electrons. The Morgan fingerprint density at radius 1 is 0.750 bits per heavy atom. The molecule has 0 unspecified atom stereocenters. The zero-order chi connectivity index (χ0) is 22.6. The number of nitrogens with one attached hydrogen (secondary N) is 3. The van der Waals surface area contributed by atoms with Gasteiger partial charge >= 0.3 is 0 Å². The second-order valence-corrected chi connectivity index (χ2v) is 7.43. The maximum absolute atomic E-state index is 12.6. The van der Waals surface area contributed by atoms with Crippen molar-refractivity contribution < 1.29 is 14.3 Å². The van der Waals surface area contributed by atoms with Crippen molar-refractivity contribution in [3.63, 3.8) is 0 Å². The number of hydrogen-bond acceptors (Lipinski definition) is 4. The van der Waals surface area contributed by atoms with E-state index in [0.29, 0.717) is 30.8 Å². The van der Waals surface area contributed by atoms with Crippen LogP contribution in [0.5, 0.6) is 5.75 Å². The normalized spacial score (nSPS) is 10.1. The van der Waals surface area contributed by atoms with Crippen LogP contribution < -0.4 is 20.9 Å². The van der Waals surface area contributed by atoms with Crippen molar-refractivity contribution in [1.82, 2.24) is 16.2 Å². The Morgan fingerprint density at radius 2 is 1.34 bits per heavy atom. The number of aryl methyl sites for hydroxylation is 1. The van der Waals surface area contributed by atoms with Gasteiger partial charge in [0.05, 0.1) is 12.2 Å². The largest absolute Gasteiger partial charge is 0.492 e. The molecule has 7 heteroatoms. The van der Waals surface area contributed by atoms with E-state index in [1.165, 1.54) is 0 Å². The minimum Gasteiger partial charge on any atom is -0.492 e. The van der Waals surface area contributed by atoms with E-state index >= 15 is 0 Å². The van der Waals surface area contributed by atoms with Crippen molar-refractivity contribution in [3.8, 4) is 5.75 Å². The average molecular weight is 448 g/mol. The predicted octanol–water partition coefficient (Wildman–Crippen LogP) is 3.58. The summed E-state index contributed by atoms with van der Waals surface area (Å²) in [5.41, 5.74) is 7.65. The van der Waals surface area contributed by atoms with Crippen LogP contribution in [0.25, 0.3) is 0 Å². The lowest BCUT2D eigenvalue weighted by Crippen LogP contribution is -2.48. The molecule has 0 saturated heterocycles. The lowest BCUT2D eigenvalue weighted by Gasteiger charge is -2.13. The molecular formula is C25H25N3O3S. The third-order valence-corrected chi connectivity index (χ3v) is 4.85. The van der Waals surface area contributed by atoms with E-state index in [2.05, 4.69) is 16.2 Å². The monoisotopic (exact) mass is 447 g/mol. The van der Waals surface area contributed by atoms with Gasteiger partial charge in [-0.2, -0.15) is 0 Å². The van der Waals surface area contributed by atoms with Gasteiger partial charge in [-0.25, -0.2) is 0 Å². The Balaban J connectivity index is 1.44. The molecule has 0 saturated carbocycles. The topological polar surface area (TPSA) is 79.5 Å². The molecule has 0 fully saturated rings. The molecule has 0 atom stereocenters. The fourth-order valence-corrected chi connectivity index (χ4v) is 3.14. The molecule has 0 aromatic heterocycles. The summed E-state index contributed by atoms with van der Waals surface area (Å²) in [6, 6.07) is 26.6. The highest BCUT2D eigenvalue weighted by atomic mass is 32.1. The van der Waals surface area contributed by atoms with Crippen LogP contribution in [0, 0.1) is 0 Å². The maximum atomic E-state index is 12.6. The van der Waals surface area contributed by atoms with Gasteiger partial charge in [0.1, 0.15) is 5.75 Å². The molecule has 3 aromatic carbocycles. The first kappa shape index (κ1) is 23.0. The van der Waals surface area contributed by atoms with Gasteiger partial charge < -0.3 is 4.74 Å². The molecule has 0 aliphatic heterocycles. The summed E-state index contributed by atoms with van der Waals surface area (Å²) < 4.78 is 5.82. The molecule has 0 bridgehead atoms. The smallest absolute Gasteiger partial charge is 0.261 e. The molecule has 0 heterocycles. The fourth-order valence-electron chi connectivity index (χ4n) is 3.00. The molecule has 0 spiro atoms. The Hall–Kier alpha value is -3.71. The summed E-state index contributed by atoms with van der Waals surface area (Å²) in [4.78, 5) is 24.6. The highest BCUT2D eigenvalue weighted by Gasteiger charge is 2.14. The quantitative estimate of drug-likeness (QED) is 0.363. The number of ether oxygens (including phenoxy) is 1.